The number of para-hydroxylation sites is 1. The highest BCUT2D eigenvalue weighted by Crippen LogP contribution is 2.04. The Labute approximate surface area is 122 Å². The number of aromatic nitrogens is 3. The molecular weight excluding hydrogens is 272 g/mol. The zero-order valence-electron chi connectivity index (χ0n) is 11.8. The van der Waals surface area contributed by atoms with E-state index in [1.807, 2.05) is 30.3 Å². The van der Waals surface area contributed by atoms with Crippen LogP contribution in [0, 0.1) is 0 Å². The molecule has 0 spiro atoms. The van der Waals surface area contributed by atoms with Gasteiger partial charge in [0.25, 0.3) is 5.91 Å². The van der Waals surface area contributed by atoms with Crippen molar-refractivity contribution in [1.82, 2.24) is 20.3 Å². The fourth-order valence-electron chi connectivity index (χ4n) is 1.77. The van der Waals surface area contributed by atoms with Gasteiger partial charge in [-0.15, -0.1) is 5.10 Å². The topological polar surface area (TPSA) is 89.3 Å². The third kappa shape index (κ3) is 4.37. The zero-order chi connectivity index (χ0) is 15.1. The van der Waals surface area contributed by atoms with Crippen LogP contribution in [-0.4, -0.2) is 52.4 Å². The second kappa shape index (κ2) is 7.51. The lowest BCUT2D eigenvalue weighted by atomic mass is 10.2. The van der Waals surface area contributed by atoms with Gasteiger partial charge in [0, 0.05) is 13.7 Å². The van der Waals surface area contributed by atoms with E-state index >= 15 is 0 Å². The summed E-state index contributed by atoms with van der Waals surface area (Å²) in [4.78, 5) is 13.3. The van der Waals surface area contributed by atoms with Crippen LogP contribution in [0.4, 0.5) is 0 Å². The quantitative estimate of drug-likeness (QED) is 0.770. The smallest absolute Gasteiger partial charge is 0.273 e. The lowest BCUT2D eigenvalue weighted by Crippen LogP contribution is -2.28. The van der Waals surface area contributed by atoms with E-state index in [0.717, 1.165) is 5.69 Å². The molecule has 1 atom stereocenters. The van der Waals surface area contributed by atoms with E-state index in [1.54, 1.807) is 0 Å². The van der Waals surface area contributed by atoms with Crippen LogP contribution in [0.15, 0.2) is 36.5 Å². The number of aliphatic hydroxyl groups is 1. The molecule has 2 aromatic rings. The monoisotopic (exact) mass is 290 g/mol. The molecule has 2 rings (SSSR count). The van der Waals surface area contributed by atoms with Gasteiger partial charge in [0.2, 0.25) is 0 Å². The summed E-state index contributed by atoms with van der Waals surface area (Å²) in [6.07, 6.45) is 1.25. The van der Waals surface area contributed by atoms with E-state index < -0.39 is 6.10 Å². The molecule has 0 fully saturated rings. The Kier molecular flexibility index (Phi) is 5.42. The number of nitrogens with one attached hydrogen (secondary N) is 1. The molecule has 0 bridgehead atoms. The molecule has 1 unspecified atom stereocenters. The molecule has 0 saturated heterocycles. The number of rotatable bonds is 7. The van der Waals surface area contributed by atoms with Crippen LogP contribution in [0.2, 0.25) is 0 Å². The Morgan fingerprint density at radius 1 is 1.43 bits per heavy atom. The summed E-state index contributed by atoms with van der Waals surface area (Å²) in [6, 6.07) is 9.34. The maximum atomic E-state index is 11.9. The van der Waals surface area contributed by atoms with Crippen LogP contribution in [0.3, 0.4) is 0 Å². The van der Waals surface area contributed by atoms with Crippen LogP contribution in [-0.2, 0) is 4.74 Å². The van der Waals surface area contributed by atoms with E-state index in [2.05, 4.69) is 15.5 Å². The van der Waals surface area contributed by atoms with Crippen molar-refractivity contribution in [3.63, 3.8) is 0 Å². The minimum Gasteiger partial charge on any atom is -0.391 e. The number of hydrogen-bond acceptors (Lipinski definition) is 5. The third-order valence-electron chi connectivity index (χ3n) is 2.83. The molecule has 1 aromatic heterocycles. The first kappa shape index (κ1) is 15.1. The lowest BCUT2D eigenvalue weighted by Gasteiger charge is -2.09. The fourth-order valence-corrected chi connectivity index (χ4v) is 1.77. The number of hydrogen-bond donors (Lipinski definition) is 2. The summed E-state index contributed by atoms with van der Waals surface area (Å²) >= 11 is 0. The first-order valence-corrected chi connectivity index (χ1v) is 6.63. The maximum absolute atomic E-state index is 11.9. The third-order valence-corrected chi connectivity index (χ3v) is 2.83. The molecular formula is C14H18N4O3. The number of benzene rings is 1. The Bertz CT molecular complexity index is 571. The lowest BCUT2D eigenvalue weighted by molar-refractivity contribution is 0.0587. The van der Waals surface area contributed by atoms with E-state index in [9.17, 15) is 9.90 Å². The van der Waals surface area contributed by atoms with Gasteiger partial charge in [0.05, 0.1) is 24.6 Å². The van der Waals surface area contributed by atoms with Crippen LogP contribution < -0.4 is 5.32 Å². The van der Waals surface area contributed by atoms with Gasteiger partial charge in [-0.05, 0) is 18.6 Å². The van der Waals surface area contributed by atoms with Gasteiger partial charge in [-0.3, -0.25) is 4.79 Å². The normalized spacial score (nSPS) is 12.1. The van der Waals surface area contributed by atoms with Crippen LogP contribution in [0.25, 0.3) is 5.69 Å². The van der Waals surface area contributed by atoms with E-state index in [-0.39, 0.29) is 18.2 Å². The predicted molar refractivity (Wildman–Crippen MR) is 76.2 cm³/mol. The maximum Gasteiger partial charge on any atom is 0.273 e. The number of carbonyl (C=O) groups excluding carboxylic acids is 1. The van der Waals surface area contributed by atoms with E-state index in [0.29, 0.717) is 13.0 Å². The predicted octanol–water partition coefficient (Wildman–Crippen LogP) is 0.394. The average Bonchev–Trinajstić information content (AvgIpc) is 2.98. The SMILES string of the molecule is COCC(O)CCNC(=O)c1cnn(-c2ccccc2)n1. The minimum atomic E-state index is -0.588. The van der Waals surface area contributed by atoms with Crippen molar-refractivity contribution in [2.75, 3.05) is 20.3 Å². The number of ether oxygens (including phenoxy) is 1. The van der Waals surface area contributed by atoms with Crippen molar-refractivity contribution in [1.29, 1.82) is 0 Å². The summed E-state index contributed by atoms with van der Waals surface area (Å²) in [6.45, 7) is 0.599. The average molecular weight is 290 g/mol. The number of methoxy groups -OCH3 is 1. The molecule has 1 amide bonds. The summed E-state index contributed by atoms with van der Waals surface area (Å²) < 4.78 is 4.81. The molecule has 7 nitrogen and oxygen atoms in total. The van der Waals surface area contributed by atoms with Gasteiger partial charge in [0.1, 0.15) is 0 Å². The molecule has 1 aromatic carbocycles. The van der Waals surface area contributed by atoms with Crippen LogP contribution in [0.5, 0.6) is 0 Å². The van der Waals surface area contributed by atoms with Gasteiger partial charge in [-0.25, -0.2) is 0 Å². The molecule has 1 heterocycles. The van der Waals surface area contributed by atoms with E-state index in [4.69, 9.17) is 4.74 Å². The van der Waals surface area contributed by atoms with Crippen LogP contribution in [0.1, 0.15) is 16.9 Å². The Balaban J connectivity index is 1.88. The van der Waals surface area contributed by atoms with Gasteiger partial charge in [-0.2, -0.15) is 9.90 Å². The van der Waals surface area contributed by atoms with Gasteiger partial charge in [-0.1, -0.05) is 18.2 Å². The minimum absolute atomic E-state index is 0.236. The molecule has 0 aliphatic rings. The molecule has 0 radical (unpaired) electrons. The molecule has 0 aliphatic carbocycles. The van der Waals surface area contributed by atoms with Gasteiger partial charge in [0.15, 0.2) is 5.69 Å². The van der Waals surface area contributed by atoms with Crippen molar-refractivity contribution in [2.24, 2.45) is 0 Å². The highest BCUT2D eigenvalue weighted by molar-refractivity contribution is 5.91. The molecule has 112 valence electrons. The molecule has 7 heteroatoms. The fraction of sp³-hybridized carbons (Fsp3) is 0.357. The molecule has 21 heavy (non-hydrogen) atoms. The van der Waals surface area contributed by atoms with Crippen molar-refractivity contribution in [2.45, 2.75) is 12.5 Å². The van der Waals surface area contributed by atoms with Crippen molar-refractivity contribution >= 4 is 5.91 Å². The number of aliphatic hydroxyl groups excluding tert-OH is 1. The van der Waals surface area contributed by atoms with Crippen LogP contribution >= 0.6 is 0 Å². The summed E-state index contributed by atoms with van der Waals surface area (Å²) in [5.41, 5.74) is 1.02. The highest BCUT2D eigenvalue weighted by Gasteiger charge is 2.11. The molecule has 0 aliphatic heterocycles. The standard InChI is InChI=1S/C14H18N4O3/c1-21-10-12(19)7-8-15-14(20)13-9-16-18(17-13)11-5-3-2-4-6-11/h2-6,9,12,19H,7-8,10H2,1H3,(H,15,20). The Morgan fingerprint density at radius 2 is 2.19 bits per heavy atom. The Morgan fingerprint density at radius 3 is 2.90 bits per heavy atom. The number of amides is 1. The summed E-state index contributed by atoms with van der Waals surface area (Å²) in [5, 5.41) is 20.3. The second-order valence-corrected chi connectivity index (χ2v) is 4.51. The van der Waals surface area contributed by atoms with E-state index in [1.165, 1.54) is 18.1 Å². The first-order chi connectivity index (χ1) is 10.2. The van der Waals surface area contributed by atoms with Crippen molar-refractivity contribution in [3.8, 4) is 5.69 Å². The van der Waals surface area contributed by atoms with Gasteiger partial charge < -0.3 is 15.2 Å². The number of carbonyl (C=O) groups is 1. The summed E-state index contributed by atoms with van der Waals surface area (Å²) in [5.74, 6) is -0.318. The first-order valence-electron chi connectivity index (χ1n) is 6.63. The summed E-state index contributed by atoms with van der Waals surface area (Å²) in [7, 11) is 1.52. The largest absolute Gasteiger partial charge is 0.391 e. The Hall–Kier alpha value is -2.25. The number of nitrogens with zero attached hydrogens (tertiary/aromatic N) is 3. The molecule has 2 N–H and O–H groups in total. The van der Waals surface area contributed by atoms with Gasteiger partial charge >= 0.3 is 0 Å². The molecule has 0 saturated carbocycles. The highest BCUT2D eigenvalue weighted by atomic mass is 16.5. The second-order valence-electron chi connectivity index (χ2n) is 4.51. The van der Waals surface area contributed by atoms with Crippen molar-refractivity contribution < 1.29 is 14.6 Å². The zero-order valence-corrected chi connectivity index (χ0v) is 11.8. The van der Waals surface area contributed by atoms with Crippen molar-refractivity contribution in [3.05, 3.63) is 42.2 Å².